The smallest absolute Gasteiger partial charge is 0.147 e. The molecule has 4 rings (SSSR count). The third kappa shape index (κ3) is 2.28. The molecule has 3 heterocycles. The van der Waals surface area contributed by atoms with Gasteiger partial charge in [-0.2, -0.15) is 0 Å². The third-order valence-corrected chi connectivity index (χ3v) is 4.72. The lowest BCUT2D eigenvalue weighted by molar-refractivity contribution is 0.486. The number of fused-ring (bicyclic) bond motifs is 1. The van der Waals surface area contributed by atoms with Gasteiger partial charge in [0.25, 0.3) is 0 Å². The normalized spacial score (nSPS) is 17.8. The molecule has 0 amide bonds. The van der Waals surface area contributed by atoms with Crippen molar-refractivity contribution in [2.75, 3.05) is 29.9 Å². The Balaban J connectivity index is 1.49. The van der Waals surface area contributed by atoms with E-state index in [0.29, 0.717) is 6.04 Å². The van der Waals surface area contributed by atoms with E-state index < -0.39 is 0 Å². The average Bonchev–Trinajstić information content (AvgIpc) is 2.54. The maximum Gasteiger partial charge on any atom is 0.147 e. The molecule has 1 aliphatic carbocycles. The Kier molecular flexibility index (Phi) is 3.36. The lowest BCUT2D eigenvalue weighted by Gasteiger charge is -2.45. The largest absolute Gasteiger partial charge is 0.353 e. The van der Waals surface area contributed by atoms with Gasteiger partial charge in [-0.1, -0.05) is 0 Å². The molecule has 114 valence electrons. The van der Waals surface area contributed by atoms with Crippen LogP contribution in [0, 0.1) is 0 Å². The molecule has 1 fully saturated rings. The van der Waals surface area contributed by atoms with E-state index in [9.17, 15) is 0 Å². The second-order valence-corrected chi connectivity index (χ2v) is 6.06. The van der Waals surface area contributed by atoms with Gasteiger partial charge in [0.2, 0.25) is 0 Å². The van der Waals surface area contributed by atoms with Gasteiger partial charge in [0, 0.05) is 43.8 Å². The number of anilines is 2. The third-order valence-electron chi connectivity index (χ3n) is 4.72. The number of nitrogens with zero attached hydrogens (tertiary/aromatic N) is 6. The topological polar surface area (TPSA) is 58.0 Å². The monoisotopic (exact) mass is 296 g/mol. The Morgan fingerprint density at radius 2 is 1.95 bits per heavy atom. The zero-order chi connectivity index (χ0) is 14.9. The van der Waals surface area contributed by atoms with Gasteiger partial charge in [0.05, 0.1) is 12.2 Å². The minimum absolute atomic E-state index is 0.475. The van der Waals surface area contributed by atoms with Crippen molar-refractivity contribution in [2.24, 2.45) is 0 Å². The molecule has 1 saturated heterocycles. The van der Waals surface area contributed by atoms with Crippen molar-refractivity contribution < 1.29 is 0 Å². The van der Waals surface area contributed by atoms with E-state index in [1.54, 1.807) is 18.7 Å². The molecular weight excluding hydrogens is 276 g/mol. The van der Waals surface area contributed by atoms with Crippen LogP contribution in [0.2, 0.25) is 0 Å². The van der Waals surface area contributed by atoms with Gasteiger partial charge >= 0.3 is 0 Å². The van der Waals surface area contributed by atoms with Crippen LogP contribution in [0.5, 0.6) is 0 Å². The van der Waals surface area contributed by atoms with Crippen LogP contribution in [0.1, 0.15) is 24.1 Å². The summed E-state index contributed by atoms with van der Waals surface area (Å²) in [4.78, 5) is 22.1. The predicted octanol–water partition coefficient (Wildman–Crippen LogP) is 1.47. The van der Waals surface area contributed by atoms with Crippen LogP contribution in [-0.4, -0.2) is 46.1 Å². The number of hydrogen-bond acceptors (Lipinski definition) is 6. The molecular formula is C16H20N6. The number of rotatable bonds is 3. The maximum atomic E-state index is 4.56. The van der Waals surface area contributed by atoms with E-state index >= 15 is 0 Å². The maximum absolute atomic E-state index is 4.56. The van der Waals surface area contributed by atoms with Crippen LogP contribution >= 0.6 is 0 Å². The molecule has 0 radical (unpaired) electrons. The SMILES string of the molecule is CN(c1ncnc2c1CCCC2)C1CN(c2cnccn2)C1. The summed E-state index contributed by atoms with van der Waals surface area (Å²) in [5.74, 6) is 2.07. The summed E-state index contributed by atoms with van der Waals surface area (Å²) in [7, 11) is 2.15. The average molecular weight is 296 g/mol. The molecule has 0 N–H and O–H groups in total. The van der Waals surface area contributed by atoms with Gasteiger partial charge in [-0.25, -0.2) is 15.0 Å². The molecule has 0 unspecified atom stereocenters. The quantitative estimate of drug-likeness (QED) is 0.855. The lowest BCUT2D eigenvalue weighted by Crippen LogP contribution is -2.59. The molecule has 0 spiro atoms. The van der Waals surface area contributed by atoms with Gasteiger partial charge < -0.3 is 9.80 Å². The summed E-state index contributed by atoms with van der Waals surface area (Å²) in [6.07, 6.45) is 11.7. The summed E-state index contributed by atoms with van der Waals surface area (Å²) >= 11 is 0. The Labute approximate surface area is 130 Å². The van der Waals surface area contributed by atoms with E-state index in [2.05, 4.69) is 36.8 Å². The summed E-state index contributed by atoms with van der Waals surface area (Å²) in [6, 6.07) is 0.475. The molecule has 0 saturated carbocycles. The Morgan fingerprint density at radius 3 is 2.77 bits per heavy atom. The predicted molar refractivity (Wildman–Crippen MR) is 85.1 cm³/mol. The van der Waals surface area contributed by atoms with Crippen molar-refractivity contribution in [3.05, 3.63) is 36.2 Å². The fourth-order valence-electron chi connectivity index (χ4n) is 3.32. The highest BCUT2D eigenvalue weighted by Crippen LogP contribution is 2.30. The van der Waals surface area contributed by atoms with Crippen molar-refractivity contribution >= 4 is 11.6 Å². The van der Waals surface area contributed by atoms with E-state index in [1.165, 1.54) is 24.1 Å². The minimum atomic E-state index is 0.475. The number of likely N-dealkylation sites (N-methyl/N-ethyl adjacent to an activating group) is 1. The van der Waals surface area contributed by atoms with Crippen molar-refractivity contribution in [1.29, 1.82) is 0 Å². The Hall–Kier alpha value is -2.24. The summed E-state index contributed by atoms with van der Waals surface area (Å²) in [5.41, 5.74) is 2.60. The first-order valence-electron chi connectivity index (χ1n) is 7.89. The molecule has 6 nitrogen and oxygen atoms in total. The lowest BCUT2D eigenvalue weighted by atomic mass is 9.95. The van der Waals surface area contributed by atoms with Crippen molar-refractivity contribution in [3.63, 3.8) is 0 Å². The van der Waals surface area contributed by atoms with Crippen LogP contribution in [0.3, 0.4) is 0 Å². The molecule has 22 heavy (non-hydrogen) atoms. The fourth-order valence-corrected chi connectivity index (χ4v) is 3.32. The zero-order valence-corrected chi connectivity index (χ0v) is 12.8. The molecule has 6 heteroatoms. The van der Waals surface area contributed by atoms with Gasteiger partial charge in [-0.05, 0) is 25.7 Å². The highest BCUT2D eigenvalue weighted by molar-refractivity contribution is 5.53. The summed E-state index contributed by atoms with van der Waals surface area (Å²) in [6.45, 7) is 1.93. The van der Waals surface area contributed by atoms with Crippen LogP contribution in [-0.2, 0) is 12.8 Å². The standard InChI is InChI=1S/C16H20N6/c1-21(12-9-22(10-12)15-8-17-6-7-18-15)16-13-4-2-3-5-14(13)19-11-20-16/h6-8,11-12H,2-5,9-10H2,1H3. The number of aryl methyl sites for hydroxylation is 1. The number of aromatic nitrogens is 4. The first-order chi connectivity index (χ1) is 10.8. The highest BCUT2D eigenvalue weighted by Gasteiger charge is 2.33. The van der Waals surface area contributed by atoms with Crippen molar-refractivity contribution in [2.45, 2.75) is 31.7 Å². The molecule has 2 aliphatic rings. The first kappa shape index (κ1) is 13.4. The molecule has 0 bridgehead atoms. The van der Waals surface area contributed by atoms with E-state index in [0.717, 1.165) is 37.6 Å². The molecule has 2 aromatic heterocycles. The fraction of sp³-hybridized carbons (Fsp3) is 0.500. The van der Waals surface area contributed by atoms with E-state index in [4.69, 9.17) is 0 Å². The van der Waals surface area contributed by atoms with Crippen molar-refractivity contribution in [1.82, 2.24) is 19.9 Å². The van der Waals surface area contributed by atoms with Gasteiger partial charge in [0.1, 0.15) is 18.0 Å². The van der Waals surface area contributed by atoms with E-state index in [-0.39, 0.29) is 0 Å². The van der Waals surface area contributed by atoms with Crippen LogP contribution < -0.4 is 9.80 Å². The molecule has 2 aromatic rings. The van der Waals surface area contributed by atoms with Gasteiger partial charge in [-0.15, -0.1) is 0 Å². The van der Waals surface area contributed by atoms with Crippen LogP contribution in [0.4, 0.5) is 11.6 Å². The van der Waals surface area contributed by atoms with Crippen LogP contribution in [0.15, 0.2) is 24.9 Å². The second kappa shape index (κ2) is 5.51. The summed E-state index contributed by atoms with van der Waals surface area (Å²) < 4.78 is 0. The number of hydrogen-bond donors (Lipinski definition) is 0. The highest BCUT2D eigenvalue weighted by atomic mass is 15.3. The zero-order valence-electron chi connectivity index (χ0n) is 12.8. The first-order valence-corrected chi connectivity index (χ1v) is 7.89. The Bertz CT molecular complexity index is 653. The van der Waals surface area contributed by atoms with Gasteiger partial charge in [0.15, 0.2) is 0 Å². The van der Waals surface area contributed by atoms with E-state index in [1.807, 2.05) is 6.20 Å². The van der Waals surface area contributed by atoms with Crippen LogP contribution in [0.25, 0.3) is 0 Å². The molecule has 0 aromatic carbocycles. The molecule has 0 atom stereocenters. The molecule has 1 aliphatic heterocycles. The Morgan fingerprint density at radius 1 is 1.09 bits per heavy atom. The summed E-state index contributed by atoms with van der Waals surface area (Å²) in [5, 5.41) is 0. The van der Waals surface area contributed by atoms with Gasteiger partial charge in [-0.3, -0.25) is 4.98 Å². The second-order valence-electron chi connectivity index (χ2n) is 6.06. The minimum Gasteiger partial charge on any atom is -0.353 e. The van der Waals surface area contributed by atoms with Crippen molar-refractivity contribution in [3.8, 4) is 0 Å².